The first-order valence-corrected chi connectivity index (χ1v) is 7.53. The van der Waals surface area contributed by atoms with E-state index in [1.54, 1.807) is 0 Å². The second-order valence-corrected chi connectivity index (χ2v) is 6.06. The number of aliphatic hydroxyl groups excluding tert-OH is 1. The molecule has 1 heterocycles. The van der Waals surface area contributed by atoms with E-state index in [1.165, 1.54) is 47.4 Å². The van der Waals surface area contributed by atoms with Gasteiger partial charge >= 0.3 is 0 Å². The Morgan fingerprint density at radius 1 is 1.35 bits per heavy atom. The van der Waals surface area contributed by atoms with Crippen LogP contribution in [0.25, 0.3) is 0 Å². The molecule has 17 heavy (non-hydrogen) atoms. The van der Waals surface area contributed by atoms with E-state index in [0.717, 1.165) is 19.3 Å². The van der Waals surface area contributed by atoms with Crippen LogP contribution in [0.4, 0.5) is 0 Å². The van der Waals surface area contributed by atoms with E-state index in [1.807, 2.05) is 17.4 Å². The molecule has 1 nitrogen and oxygen atoms in total. The Kier molecular flexibility index (Phi) is 4.81. The minimum atomic E-state index is -0.258. The number of thiophene rings is 1. The summed E-state index contributed by atoms with van der Waals surface area (Å²) in [7, 11) is 0. The van der Waals surface area contributed by atoms with E-state index >= 15 is 0 Å². The van der Waals surface area contributed by atoms with Gasteiger partial charge in [0.2, 0.25) is 0 Å². The number of unbranched alkanes of at least 4 members (excludes halogenated alkanes) is 1. The second-order valence-electron chi connectivity index (χ2n) is 4.89. The highest BCUT2D eigenvalue weighted by Gasteiger charge is 2.16. The van der Waals surface area contributed by atoms with Crippen molar-refractivity contribution in [3.63, 3.8) is 0 Å². The van der Waals surface area contributed by atoms with Crippen LogP contribution in [0.2, 0.25) is 0 Å². The van der Waals surface area contributed by atoms with Gasteiger partial charge in [-0.3, -0.25) is 0 Å². The molecule has 0 radical (unpaired) electrons. The number of aliphatic hydroxyl groups is 1. The van der Waals surface area contributed by atoms with Crippen LogP contribution in [-0.4, -0.2) is 5.11 Å². The van der Waals surface area contributed by atoms with Crippen molar-refractivity contribution < 1.29 is 5.11 Å². The molecule has 1 unspecified atom stereocenters. The molecule has 94 valence electrons. The monoisotopic (exact) mass is 250 g/mol. The van der Waals surface area contributed by atoms with Gasteiger partial charge in [-0.1, -0.05) is 12.5 Å². The predicted octanol–water partition coefficient (Wildman–Crippen LogP) is 4.41. The summed E-state index contributed by atoms with van der Waals surface area (Å²) in [5, 5.41) is 10.1. The van der Waals surface area contributed by atoms with Crippen LogP contribution in [0.15, 0.2) is 18.7 Å². The number of hydrogen-bond acceptors (Lipinski definition) is 2. The van der Waals surface area contributed by atoms with Crippen LogP contribution in [0, 0.1) is 0 Å². The number of rotatable bonds is 5. The van der Waals surface area contributed by atoms with E-state index in [4.69, 9.17) is 0 Å². The average Bonchev–Trinajstić information content (AvgIpc) is 2.61. The van der Waals surface area contributed by atoms with Crippen LogP contribution in [-0.2, 0) is 12.8 Å². The SMILES string of the molecule is C=CCCCC(O)c1cc2c(s1)CCCCC2. The molecule has 0 bridgehead atoms. The Bertz CT molecular complexity index is 343. The molecule has 2 heteroatoms. The zero-order chi connectivity index (χ0) is 12.1. The maximum atomic E-state index is 10.1. The topological polar surface area (TPSA) is 20.2 Å². The minimum Gasteiger partial charge on any atom is -0.388 e. The summed E-state index contributed by atoms with van der Waals surface area (Å²) in [5.41, 5.74) is 1.50. The third kappa shape index (κ3) is 3.43. The van der Waals surface area contributed by atoms with Crippen molar-refractivity contribution in [1.29, 1.82) is 0 Å². The average molecular weight is 250 g/mol. The van der Waals surface area contributed by atoms with Crippen LogP contribution in [0.1, 0.15) is 59.9 Å². The van der Waals surface area contributed by atoms with Gasteiger partial charge in [0.1, 0.15) is 0 Å². The maximum Gasteiger partial charge on any atom is 0.0882 e. The van der Waals surface area contributed by atoms with Crippen molar-refractivity contribution in [2.75, 3.05) is 0 Å². The summed E-state index contributed by atoms with van der Waals surface area (Å²) in [4.78, 5) is 2.71. The lowest BCUT2D eigenvalue weighted by Gasteiger charge is -2.06. The first-order valence-electron chi connectivity index (χ1n) is 6.71. The molecule has 2 rings (SSSR count). The Morgan fingerprint density at radius 2 is 2.18 bits per heavy atom. The Morgan fingerprint density at radius 3 is 3.00 bits per heavy atom. The van der Waals surface area contributed by atoms with Gasteiger partial charge in [0.25, 0.3) is 0 Å². The first kappa shape index (κ1) is 12.8. The van der Waals surface area contributed by atoms with Crippen molar-refractivity contribution >= 4 is 11.3 Å². The van der Waals surface area contributed by atoms with Crippen LogP contribution in [0.3, 0.4) is 0 Å². The number of fused-ring (bicyclic) bond motifs is 1. The van der Waals surface area contributed by atoms with Gasteiger partial charge < -0.3 is 5.11 Å². The molecule has 1 atom stereocenters. The number of allylic oxidation sites excluding steroid dienone is 1. The number of hydrogen-bond donors (Lipinski definition) is 1. The molecule has 0 fully saturated rings. The highest BCUT2D eigenvalue weighted by Crippen LogP contribution is 2.33. The molecule has 1 N–H and O–H groups in total. The van der Waals surface area contributed by atoms with Crippen molar-refractivity contribution in [1.82, 2.24) is 0 Å². The quantitative estimate of drug-likeness (QED) is 0.466. The van der Waals surface area contributed by atoms with E-state index in [9.17, 15) is 5.11 Å². The van der Waals surface area contributed by atoms with Crippen molar-refractivity contribution in [3.8, 4) is 0 Å². The van der Waals surface area contributed by atoms with Crippen molar-refractivity contribution in [2.24, 2.45) is 0 Å². The van der Waals surface area contributed by atoms with Gasteiger partial charge in [-0.25, -0.2) is 0 Å². The number of aryl methyl sites for hydroxylation is 2. The fourth-order valence-corrected chi connectivity index (χ4v) is 3.73. The van der Waals surface area contributed by atoms with E-state index < -0.39 is 0 Å². The summed E-state index contributed by atoms with van der Waals surface area (Å²) >= 11 is 1.84. The van der Waals surface area contributed by atoms with E-state index in [0.29, 0.717) is 0 Å². The van der Waals surface area contributed by atoms with Gasteiger partial charge in [0.15, 0.2) is 0 Å². The summed E-state index contributed by atoms with van der Waals surface area (Å²) in [6.07, 6.45) is 11.0. The largest absolute Gasteiger partial charge is 0.388 e. The Balaban J connectivity index is 1.98. The lowest BCUT2D eigenvalue weighted by atomic mass is 10.1. The van der Waals surface area contributed by atoms with Gasteiger partial charge in [0, 0.05) is 9.75 Å². The molecule has 0 spiro atoms. The molecule has 1 aliphatic carbocycles. The highest BCUT2D eigenvalue weighted by molar-refractivity contribution is 7.12. The maximum absolute atomic E-state index is 10.1. The fraction of sp³-hybridized carbons (Fsp3) is 0.600. The third-order valence-electron chi connectivity index (χ3n) is 3.48. The molecule has 0 amide bonds. The van der Waals surface area contributed by atoms with Gasteiger partial charge in [0.05, 0.1) is 6.10 Å². The zero-order valence-corrected chi connectivity index (χ0v) is 11.3. The molecular weight excluding hydrogens is 228 g/mol. The van der Waals surface area contributed by atoms with Crippen molar-refractivity contribution in [2.45, 2.75) is 57.5 Å². The lowest BCUT2D eigenvalue weighted by molar-refractivity contribution is 0.168. The van der Waals surface area contributed by atoms with Crippen LogP contribution < -0.4 is 0 Å². The minimum absolute atomic E-state index is 0.258. The van der Waals surface area contributed by atoms with Crippen LogP contribution >= 0.6 is 11.3 Å². The summed E-state index contributed by atoms with van der Waals surface area (Å²) in [5.74, 6) is 0. The molecular formula is C15H22OS. The van der Waals surface area contributed by atoms with Gasteiger partial charge in [-0.05, 0) is 56.6 Å². The summed E-state index contributed by atoms with van der Waals surface area (Å²) < 4.78 is 0. The van der Waals surface area contributed by atoms with Gasteiger partial charge in [-0.2, -0.15) is 0 Å². The Hall–Kier alpha value is -0.600. The molecule has 1 aliphatic rings. The van der Waals surface area contributed by atoms with Crippen LogP contribution in [0.5, 0.6) is 0 Å². The molecule has 0 saturated heterocycles. The standard InChI is InChI=1S/C15H22OS/c1-2-3-5-9-13(16)15-11-12-8-6-4-7-10-14(12)17-15/h2,11,13,16H,1,3-10H2. The second kappa shape index (κ2) is 6.36. The van der Waals surface area contributed by atoms with E-state index in [2.05, 4.69) is 12.6 Å². The lowest BCUT2D eigenvalue weighted by Crippen LogP contribution is -1.94. The zero-order valence-electron chi connectivity index (χ0n) is 10.5. The molecule has 0 saturated carbocycles. The van der Waals surface area contributed by atoms with Crippen molar-refractivity contribution in [3.05, 3.63) is 34.0 Å². The van der Waals surface area contributed by atoms with Gasteiger partial charge in [-0.15, -0.1) is 17.9 Å². The molecule has 1 aromatic rings. The highest BCUT2D eigenvalue weighted by atomic mass is 32.1. The molecule has 0 aromatic carbocycles. The normalized spacial score (nSPS) is 17.2. The fourth-order valence-electron chi connectivity index (χ4n) is 2.45. The summed E-state index contributed by atoms with van der Waals surface area (Å²) in [6.45, 7) is 3.71. The third-order valence-corrected chi connectivity index (χ3v) is 4.82. The Labute approximate surface area is 108 Å². The summed E-state index contributed by atoms with van der Waals surface area (Å²) in [6, 6.07) is 2.25. The first-order chi connectivity index (χ1) is 8.31. The molecule has 1 aromatic heterocycles. The molecule has 0 aliphatic heterocycles. The predicted molar refractivity (Wildman–Crippen MR) is 74.6 cm³/mol. The smallest absolute Gasteiger partial charge is 0.0882 e. The van der Waals surface area contributed by atoms with E-state index in [-0.39, 0.29) is 6.10 Å².